The molecular weight excluding hydrogens is 407 g/mol. The number of likely N-dealkylation sites (tertiary alicyclic amines) is 1. The van der Waals surface area contributed by atoms with Gasteiger partial charge >= 0.3 is 0 Å². The Bertz CT molecular complexity index is 813. The minimum atomic E-state index is 0.0445. The summed E-state index contributed by atoms with van der Waals surface area (Å²) in [5.74, 6) is 0.997. The zero-order chi connectivity index (χ0) is 20.8. The van der Waals surface area contributed by atoms with Gasteiger partial charge in [-0.2, -0.15) is 0 Å². The third-order valence-corrected chi connectivity index (χ3v) is 5.85. The lowest BCUT2D eigenvalue weighted by atomic mass is 9.95. The van der Waals surface area contributed by atoms with Gasteiger partial charge in [-0.15, -0.1) is 0 Å². The number of hydrogen-bond donors (Lipinski definition) is 1. The molecule has 1 heterocycles. The first-order valence-electron chi connectivity index (χ1n) is 10.1. The van der Waals surface area contributed by atoms with E-state index in [-0.39, 0.29) is 17.9 Å². The predicted octanol–water partition coefficient (Wildman–Crippen LogP) is 5.31. The number of carbonyl (C=O) groups is 1. The number of nitrogens with one attached hydrogen (secondary N) is 1. The molecule has 1 aliphatic heterocycles. The lowest BCUT2D eigenvalue weighted by molar-refractivity contribution is -0.126. The molecule has 1 N–H and O–H groups in total. The lowest BCUT2D eigenvalue weighted by Gasteiger charge is -2.31. The first-order chi connectivity index (χ1) is 13.9. The molecule has 2 aromatic rings. The number of benzene rings is 2. The van der Waals surface area contributed by atoms with Gasteiger partial charge in [-0.25, -0.2) is 0 Å². The second-order valence-electron chi connectivity index (χ2n) is 7.78. The highest BCUT2D eigenvalue weighted by Crippen LogP contribution is 2.27. The van der Waals surface area contributed by atoms with Crippen molar-refractivity contribution in [3.63, 3.8) is 0 Å². The van der Waals surface area contributed by atoms with Crippen molar-refractivity contribution in [3.8, 4) is 5.75 Å². The van der Waals surface area contributed by atoms with Crippen LogP contribution in [0.5, 0.6) is 5.75 Å². The van der Waals surface area contributed by atoms with Crippen LogP contribution in [-0.2, 0) is 17.9 Å². The second kappa shape index (κ2) is 10.3. The monoisotopic (exact) mass is 434 g/mol. The van der Waals surface area contributed by atoms with E-state index in [0.29, 0.717) is 16.6 Å². The number of halogens is 2. The van der Waals surface area contributed by atoms with Crippen LogP contribution in [0, 0.1) is 5.92 Å². The molecule has 1 amide bonds. The van der Waals surface area contributed by atoms with E-state index >= 15 is 0 Å². The maximum Gasteiger partial charge on any atom is 0.223 e. The maximum atomic E-state index is 12.6. The Kier molecular flexibility index (Phi) is 7.82. The third-order valence-electron chi connectivity index (χ3n) is 5.14. The van der Waals surface area contributed by atoms with Gasteiger partial charge in [-0.05, 0) is 69.6 Å². The van der Waals surface area contributed by atoms with Gasteiger partial charge in [0.2, 0.25) is 5.91 Å². The Hall–Kier alpha value is -1.75. The van der Waals surface area contributed by atoms with Crippen molar-refractivity contribution in [3.05, 3.63) is 63.6 Å². The Morgan fingerprint density at radius 2 is 1.79 bits per heavy atom. The number of ether oxygens (including phenoxy) is 1. The fourth-order valence-electron chi connectivity index (χ4n) is 3.59. The van der Waals surface area contributed by atoms with Gasteiger partial charge < -0.3 is 10.1 Å². The Labute approximate surface area is 183 Å². The normalized spacial score (nSPS) is 15.5. The van der Waals surface area contributed by atoms with Crippen molar-refractivity contribution in [1.82, 2.24) is 10.2 Å². The molecule has 0 saturated carbocycles. The molecule has 0 radical (unpaired) electrons. The van der Waals surface area contributed by atoms with Crippen molar-refractivity contribution in [1.29, 1.82) is 0 Å². The fraction of sp³-hybridized carbons (Fsp3) is 0.435. The molecule has 0 unspecified atom stereocenters. The number of nitrogens with zero attached hydrogens (tertiary/aromatic N) is 1. The summed E-state index contributed by atoms with van der Waals surface area (Å²) in [7, 11) is 0. The van der Waals surface area contributed by atoms with Gasteiger partial charge in [-0.1, -0.05) is 41.4 Å². The summed E-state index contributed by atoms with van der Waals surface area (Å²) in [5, 5.41) is 4.47. The molecule has 0 atom stereocenters. The minimum Gasteiger partial charge on any atom is -0.491 e. The molecule has 1 aliphatic rings. The van der Waals surface area contributed by atoms with E-state index in [2.05, 4.69) is 10.2 Å². The van der Waals surface area contributed by atoms with Gasteiger partial charge in [0, 0.05) is 34.6 Å². The van der Waals surface area contributed by atoms with Crippen molar-refractivity contribution in [2.45, 2.75) is 45.9 Å². The SMILES string of the molecule is CC(C)Oc1cccc(CNC(=O)C2CCN(Cc3c(Cl)cccc3Cl)CC2)c1. The van der Waals surface area contributed by atoms with Crippen molar-refractivity contribution < 1.29 is 9.53 Å². The van der Waals surface area contributed by atoms with Crippen LogP contribution in [0.25, 0.3) is 0 Å². The molecule has 0 bridgehead atoms. The van der Waals surface area contributed by atoms with Crippen molar-refractivity contribution in [2.24, 2.45) is 5.92 Å². The summed E-state index contributed by atoms with van der Waals surface area (Å²) in [6.07, 6.45) is 1.81. The molecular formula is C23H28Cl2N2O2. The Morgan fingerprint density at radius 1 is 1.14 bits per heavy atom. The fourth-order valence-corrected chi connectivity index (χ4v) is 4.11. The summed E-state index contributed by atoms with van der Waals surface area (Å²) in [6, 6.07) is 13.5. The van der Waals surface area contributed by atoms with E-state index in [1.54, 1.807) is 0 Å². The summed E-state index contributed by atoms with van der Waals surface area (Å²) < 4.78 is 5.72. The van der Waals surface area contributed by atoms with Gasteiger partial charge in [0.1, 0.15) is 5.75 Å². The van der Waals surface area contributed by atoms with Crippen molar-refractivity contribution >= 4 is 29.1 Å². The second-order valence-corrected chi connectivity index (χ2v) is 8.60. The number of hydrogen-bond acceptors (Lipinski definition) is 3. The van der Waals surface area contributed by atoms with Gasteiger partial charge in [0.25, 0.3) is 0 Å². The third kappa shape index (κ3) is 6.36. The molecule has 4 nitrogen and oxygen atoms in total. The molecule has 2 aromatic carbocycles. The molecule has 29 heavy (non-hydrogen) atoms. The summed E-state index contributed by atoms with van der Waals surface area (Å²) in [4.78, 5) is 14.9. The number of rotatable bonds is 7. The highest BCUT2D eigenvalue weighted by atomic mass is 35.5. The van der Waals surface area contributed by atoms with E-state index in [4.69, 9.17) is 27.9 Å². The van der Waals surface area contributed by atoms with Gasteiger partial charge in [0.15, 0.2) is 0 Å². The highest BCUT2D eigenvalue weighted by Gasteiger charge is 2.25. The van der Waals surface area contributed by atoms with Gasteiger partial charge in [0.05, 0.1) is 6.10 Å². The number of carbonyl (C=O) groups excluding carboxylic acids is 1. The number of piperidine rings is 1. The zero-order valence-corrected chi connectivity index (χ0v) is 18.5. The summed E-state index contributed by atoms with van der Waals surface area (Å²) >= 11 is 12.6. The summed E-state index contributed by atoms with van der Waals surface area (Å²) in [5.41, 5.74) is 2.00. The number of amides is 1. The predicted molar refractivity (Wildman–Crippen MR) is 119 cm³/mol. The van der Waals surface area contributed by atoms with Gasteiger partial charge in [-0.3, -0.25) is 9.69 Å². The zero-order valence-electron chi connectivity index (χ0n) is 17.0. The van der Waals surface area contributed by atoms with Crippen LogP contribution in [0.2, 0.25) is 10.0 Å². The molecule has 1 saturated heterocycles. The van der Waals surface area contributed by atoms with E-state index in [9.17, 15) is 4.79 Å². The quantitative estimate of drug-likeness (QED) is 0.641. The summed E-state index contributed by atoms with van der Waals surface area (Å²) in [6.45, 7) is 6.95. The average Bonchev–Trinajstić information content (AvgIpc) is 2.69. The van der Waals surface area contributed by atoms with Crippen LogP contribution in [-0.4, -0.2) is 30.0 Å². The molecule has 0 aromatic heterocycles. The highest BCUT2D eigenvalue weighted by molar-refractivity contribution is 6.35. The molecule has 3 rings (SSSR count). The first-order valence-corrected chi connectivity index (χ1v) is 10.9. The van der Waals surface area contributed by atoms with Crippen LogP contribution >= 0.6 is 23.2 Å². The molecule has 0 aliphatic carbocycles. The minimum absolute atomic E-state index is 0.0445. The van der Waals surface area contributed by atoms with Crippen molar-refractivity contribution in [2.75, 3.05) is 13.1 Å². The van der Waals surface area contributed by atoms with E-state index in [1.165, 1.54) is 0 Å². The topological polar surface area (TPSA) is 41.6 Å². The van der Waals surface area contributed by atoms with E-state index < -0.39 is 0 Å². The molecule has 1 fully saturated rings. The van der Waals surface area contributed by atoms with Crippen LogP contribution in [0.1, 0.15) is 37.8 Å². The smallest absolute Gasteiger partial charge is 0.223 e. The van der Waals surface area contributed by atoms with Crippen LogP contribution in [0.4, 0.5) is 0 Å². The maximum absolute atomic E-state index is 12.6. The van der Waals surface area contributed by atoms with Crippen LogP contribution in [0.15, 0.2) is 42.5 Å². The first kappa shape index (κ1) is 21.9. The standard InChI is InChI=1S/C23H28Cl2N2O2/c1-16(2)29-19-6-3-5-17(13-19)14-26-23(28)18-9-11-27(12-10-18)15-20-21(24)7-4-8-22(20)25/h3-8,13,16,18H,9-12,14-15H2,1-2H3,(H,26,28). The Balaban J connectivity index is 1.47. The van der Waals surface area contributed by atoms with E-state index in [0.717, 1.165) is 49.4 Å². The molecule has 156 valence electrons. The van der Waals surface area contributed by atoms with E-state index in [1.807, 2.05) is 56.3 Å². The van der Waals surface area contributed by atoms with Crippen LogP contribution < -0.4 is 10.1 Å². The van der Waals surface area contributed by atoms with Crippen LogP contribution in [0.3, 0.4) is 0 Å². The largest absolute Gasteiger partial charge is 0.491 e. The lowest BCUT2D eigenvalue weighted by Crippen LogP contribution is -2.40. The Morgan fingerprint density at radius 3 is 2.45 bits per heavy atom. The average molecular weight is 435 g/mol. The molecule has 6 heteroatoms. The molecule has 0 spiro atoms.